The van der Waals surface area contributed by atoms with Crippen LogP contribution in [0, 0.1) is 0 Å². The number of nitrogens with one attached hydrogen (secondary N) is 1. The van der Waals surface area contributed by atoms with Crippen molar-refractivity contribution in [3.63, 3.8) is 0 Å². The van der Waals surface area contributed by atoms with E-state index in [0.717, 1.165) is 5.56 Å². The maximum Gasteiger partial charge on any atom is 0.238 e. The summed E-state index contributed by atoms with van der Waals surface area (Å²) in [6.07, 6.45) is 0. The van der Waals surface area contributed by atoms with Crippen molar-refractivity contribution in [2.45, 2.75) is 18.0 Å². The number of halogens is 1. The molecule has 0 aromatic heterocycles. The highest BCUT2D eigenvalue weighted by Gasteiger charge is 2.08. The number of nitrogens with two attached hydrogens (primary N) is 2. The monoisotopic (exact) mass is 506 g/mol. The SMILES string of the molecule is COc1ccc(CNC(N)=NCc2cccc(S(N)(=O)=O)c2)cc1OC.I. The van der Waals surface area contributed by atoms with Crippen molar-refractivity contribution < 1.29 is 17.9 Å². The van der Waals surface area contributed by atoms with Gasteiger partial charge in [0.2, 0.25) is 10.0 Å². The van der Waals surface area contributed by atoms with Crippen molar-refractivity contribution in [3.05, 3.63) is 53.6 Å². The number of rotatable bonds is 7. The van der Waals surface area contributed by atoms with Gasteiger partial charge >= 0.3 is 0 Å². The van der Waals surface area contributed by atoms with Crippen LogP contribution >= 0.6 is 24.0 Å². The lowest BCUT2D eigenvalue weighted by Gasteiger charge is -2.10. The number of nitrogens with zero attached hydrogens (tertiary/aromatic N) is 1. The Labute approximate surface area is 176 Å². The molecule has 2 aromatic carbocycles. The Morgan fingerprint density at radius 1 is 1.07 bits per heavy atom. The van der Waals surface area contributed by atoms with Crippen LogP contribution < -0.4 is 25.7 Å². The van der Waals surface area contributed by atoms with E-state index in [-0.39, 0.29) is 41.4 Å². The standard InChI is InChI=1S/C17H22N4O4S.HI/c1-24-15-7-6-13(9-16(15)25-2)11-21-17(18)20-10-12-4-3-5-14(8-12)26(19,22)23;/h3-9H,10-11H2,1-2H3,(H3,18,20,21)(H2,19,22,23);1H. The molecule has 0 radical (unpaired) electrons. The Kier molecular flexibility index (Phi) is 8.79. The molecule has 5 N–H and O–H groups in total. The summed E-state index contributed by atoms with van der Waals surface area (Å²) < 4.78 is 33.2. The van der Waals surface area contributed by atoms with Crippen LogP contribution in [0.15, 0.2) is 52.4 Å². The quantitative estimate of drug-likeness (QED) is 0.297. The molecule has 2 rings (SSSR count). The molecular weight excluding hydrogens is 483 g/mol. The highest BCUT2D eigenvalue weighted by atomic mass is 127. The zero-order valence-corrected chi connectivity index (χ0v) is 18.2. The number of hydrogen-bond acceptors (Lipinski definition) is 5. The van der Waals surface area contributed by atoms with Crippen molar-refractivity contribution in [3.8, 4) is 11.5 Å². The fourth-order valence-electron chi connectivity index (χ4n) is 2.24. The average Bonchev–Trinajstić information content (AvgIpc) is 2.64. The molecule has 0 saturated carbocycles. The highest BCUT2D eigenvalue weighted by Crippen LogP contribution is 2.27. The van der Waals surface area contributed by atoms with Crippen LogP contribution in [0.2, 0.25) is 0 Å². The number of ether oxygens (including phenoxy) is 2. The summed E-state index contributed by atoms with van der Waals surface area (Å²) in [5.41, 5.74) is 7.49. The van der Waals surface area contributed by atoms with Gasteiger partial charge in [0.05, 0.1) is 25.7 Å². The second-order valence-corrected chi connectivity index (χ2v) is 7.00. The Morgan fingerprint density at radius 2 is 1.78 bits per heavy atom. The number of benzene rings is 2. The summed E-state index contributed by atoms with van der Waals surface area (Å²) in [5, 5.41) is 8.11. The van der Waals surface area contributed by atoms with E-state index >= 15 is 0 Å². The smallest absolute Gasteiger partial charge is 0.238 e. The van der Waals surface area contributed by atoms with Gasteiger partial charge in [0.25, 0.3) is 0 Å². The number of aliphatic imine (C=N–C) groups is 1. The van der Waals surface area contributed by atoms with Crippen LogP contribution in [0.5, 0.6) is 11.5 Å². The first-order valence-corrected chi connectivity index (χ1v) is 9.24. The minimum Gasteiger partial charge on any atom is -0.493 e. The van der Waals surface area contributed by atoms with E-state index in [1.807, 2.05) is 18.2 Å². The number of guanidine groups is 1. The first-order valence-electron chi connectivity index (χ1n) is 7.70. The third-order valence-electron chi connectivity index (χ3n) is 3.58. The molecule has 10 heteroatoms. The summed E-state index contributed by atoms with van der Waals surface area (Å²) in [6.45, 7) is 0.682. The summed E-state index contributed by atoms with van der Waals surface area (Å²) in [7, 11) is -0.595. The molecule has 0 amide bonds. The lowest BCUT2D eigenvalue weighted by molar-refractivity contribution is 0.354. The van der Waals surface area contributed by atoms with E-state index in [9.17, 15) is 8.42 Å². The minimum atomic E-state index is -3.74. The van der Waals surface area contributed by atoms with E-state index in [1.165, 1.54) is 12.1 Å². The van der Waals surface area contributed by atoms with E-state index in [1.54, 1.807) is 26.4 Å². The molecule has 0 unspecified atom stereocenters. The fraction of sp³-hybridized carbons (Fsp3) is 0.235. The largest absolute Gasteiger partial charge is 0.493 e. The van der Waals surface area contributed by atoms with Crippen molar-refractivity contribution in [2.75, 3.05) is 14.2 Å². The van der Waals surface area contributed by atoms with Crippen molar-refractivity contribution in [1.29, 1.82) is 0 Å². The van der Waals surface area contributed by atoms with Crippen LogP contribution in [0.1, 0.15) is 11.1 Å². The fourth-order valence-corrected chi connectivity index (χ4v) is 2.82. The minimum absolute atomic E-state index is 0. The van der Waals surface area contributed by atoms with Gasteiger partial charge in [-0.25, -0.2) is 18.5 Å². The van der Waals surface area contributed by atoms with Gasteiger partial charge in [0.15, 0.2) is 17.5 Å². The average molecular weight is 506 g/mol. The normalized spacial score (nSPS) is 11.4. The van der Waals surface area contributed by atoms with Gasteiger partial charge in [0, 0.05) is 6.54 Å². The van der Waals surface area contributed by atoms with Gasteiger partial charge in [0.1, 0.15) is 0 Å². The number of primary sulfonamides is 1. The molecule has 0 fully saturated rings. The predicted molar refractivity (Wildman–Crippen MR) is 115 cm³/mol. The third-order valence-corrected chi connectivity index (χ3v) is 4.49. The first-order chi connectivity index (χ1) is 12.3. The second-order valence-electron chi connectivity index (χ2n) is 5.44. The van der Waals surface area contributed by atoms with Crippen LogP contribution in [-0.2, 0) is 23.1 Å². The molecule has 8 nitrogen and oxygen atoms in total. The molecule has 148 valence electrons. The van der Waals surface area contributed by atoms with Gasteiger partial charge in [-0.05, 0) is 35.4 Å². The zero-order chi connectivity index (χ0) is 19.2. The lowest BCUT2D eigenvalue weighted by atomic mass is 10.2. The molecule has 27 heavy (non-hydrogen) atoms. The molecule has 0 saturated heterocycles. The molecular formula is C17H23IN4O4S. The van der Waals surface area contributed by atoms with E-state index in [2.05, 4.69) is 10.3 Å². The van der Waals surface area contributed by atoms with Crippen molar-refractivity contribution in [1.82, 2.24) is 5.32 Å². The Balaban J connectivity index is 0.00000364. The van der Waals surface area contributed by atoms with Crippen LogP contribution in [0.4, 0.5) is 0 Å². The Morgan fingerprint density at radius 3 is 2.41 bits per heavy atom. The van der Waals surface area contributed by atoms with Crippen LogP contribution in [0.3, 0.4) is 0 Å². The van der Waals surface area contributed by atoms with Crippen LogP contribution in [0.25, 0.3) is 0 Å². The third kappa shape index (κ3) is 6.88. The van der Waals surface area contributed by atoms with Gasteiger partial charge < -0.3 is 20.5 Å². The van der Waals surface area contributed by atoms with Crippen LogP contribution in [-0.4, -0.2) is 28.6 Å². The molecule has 0 bridgehead atoms. The summed E-state index contributed by atoms with van der Waals surface area (Å²) >= 11 is 0. The molecule has 0 aliphatic carbocycles. The number of hydrogen-bond donors (Lipinski definition) is 3. The lowest BCUT2D eigenvalue weighted by Crippen LogP contribution is -2.31. The van der Waals surface area contributed by atoms with Gasteiger partial charge in [-0.3, -0.25) is 0 Å². The molecule has 0 atom stereocenters. The first kappa shape index (κ1) is 23.0. The van der Waals surface area contributed by atoms with E-state index < -0.39 is 10.0 Å². The van der Waals surface area contributed by atoms with E-state index in [0.29, 0.717) is 23.6 Å². The number of methoxy groups -OCH3 is 2. The predicted octanol–water partition coefficient (Wildman–Crippen LogP) is 1.57. The molecule has 0 aliphatic rings. The molecule has 0 aliphatic heterocycles. The van der Waals surface area contributed by atoms with Gasteiger partial charge in [-0.1, -0.05) is 18.2 Å². The highest BCUT2D eigenvalue weighted by molar-refractivity contribution is 14.0. The Bertz CT molecular complexity index is 904. The van der Waals surface area contributed by atoms with Crippen molar-refractivity contribution in [2.24, 2.45) is 15.9 Å². The maximum absolute atomic E-state index is 11.4. The summed E-state index contributed by atoms with van der Waals surface area (Å²) in [6, 6.07) is 11.8. The Hall–Kier alpha value is -2.05. The van der Waals surface area contributed by atoms with Gasteiger partial charge in [-0.15, -0.1) is 24.0 Å². The number of sulfonamides is 1. The second kappa shape index (κ2) is 10.3. The summed E-state index contributed by atoms with van der Waals surface area (Å²) in [5.74, 6) is 1.51. The molecule has 2 aromatic rings. The zero-order valence-electron chi connectivity index (χ0n) is 15.0. The van der Waals surface area contributed by atoms with Crippen molar-refractivity contribution >= 4 is 40.0 Å². The molecule has 0 spiro atoms. The molecule has 0 heterocycles. The van der Waals surface area contributed by atoms with E-state index in [4.69, 9.17) is 20.3 Å². The maximum atomic E-state index is 11.4. The van der Waals surface area contributed by atoms with Gasteiger partial charge in [-0.2, -0.15) is 0 Å². The summed E-state index contributed by atoms with van der Waals surface area (Å²) in [4.78, 5) is 4.24. The topological polar surface area (TPSA) is 129 Å².